The number of carbonyl (C=O) groups is 1. The molecule has 1 amide bonds. The first kappa shape index (κ1) is 32.3. The highest BCUT2D eigenvalue weighted by Crippen LogP contribution is 2.30. The van der Waals surface area contributed by atoms with Crippen molar-refractivity contribution in [1.29, 1.82) is 0 Å². The van der Waals surface area contributed by atoms with E-state index in [1.807, 2.05) is 6.07 Å². The third kappa shape index (κ3) is 7.07. The van der Waals surface area contributed by atoms with Crippen LogP contribution in [0.5, 0.6) is 5.75 Å². The normalized spacial score (nSPS) is 34.0. The van der Waals surface area contributed by atoms with Gasteiger partial charge in [0.2, 0.25) is 12.2 Å². The first-order valence-corrected chi connectivity index (χ1v) is 14.4. The van der Waals surface area contributed by atoms with E-state index < -0.39 is 67.1 Å². The molecule has 6 N–H and O–H groups in total. The van der Waals surface area contributed by atoms with Crippen LogP contribution in [0.2, 0.25) is 5.02 Å². The van der Waals surface area contributed by atoms with Crippen LogP contribution in [0.3, 0.4) is 0 Å². The summed E-state index contributed by atoms with van der Waals surface area (Å²) < 4.78 is 22.0. The largest absolute Gasteiger partial charge is 0.462 e. The molecule has 2 aromatic carbocycles. The van der Waals surface area contributed by atoms with Crippen LogP contribution >= 0.6 is 11.6 Å². The molecule has 6 unspecified atom stereocenters. The monoisotopic (exact) mass is 634 g/mol. The second kappa shape index (κ2) is 13.9. The van der Waals surface area contributed by atoms with Crippen molar-refractivity contribution in [3.8, 4) is 5.75 Å². The van der Waals surface area contributed by atoms with Crippen LogP contribution in [0.1, 0.15) is 25.0 Å². The smallest absolute Gasteiger partial charge is 0.247 e. The summed E-state index contributed by atoms with van der Waals surface area (Å²) in [6.45, 7) is 3.19. The number of fused-ring (bicyclic) bond motifs is 1. The Morgan fingerprint density at radius 1 is 0.977 bits per heavy atom. The number of hydrogen-bond acceptors (Lipinski definition) is 12. The zero-order chi connectivity index (χ0) is 31.5. The lowest BCUT2D eigenvalue weighted by molar-refractivity contribution is -0.155. The van der Waals surface area contributed by atoms with E-state index in [9.17, 15) is 30.3 Å². The third-order valence-corrected chi connectivity index (χ3v) is 7.97. The van der Waals surface area contributed by atoms with Gasteiger partial charge in [-0.1, -0.05) is 41.0 Å². The highest BCUT2D eigenvalue weighted by Gasteiger charge is 2.53. The van der Waals surface area contributed by atoms with Crippen molar-refractivity contribution in [3.63, 3.8) is 0 Å². The molecule has 0 spiro atoms. The van der Waals surface area contributed by atoms with Crippen LogP contribution in [-0.2, 0) is 30.4 Å². The number of amides is 1. The maximum atomic E-state index is 12.8. The first-order chi connectivity index (χ1) is 21.0. The minimum Gasteiger partial charge on any atom is -0.462 e. The molecule has 2 aliphatic heterocycles. The Kier molecular flexibility index (Phi) is 10.2. The molecule has 13 nitrogen and oxygen atoms in total. The number of ether oxygens (including phenoxy) is 4. The van der Waals surface area contributed by atoms with Crippen LogP contribution in [0, 0.1) is 0 Å². The minimum absolute atomic E-state index is 0.128. The first-order valence-electron chi connectivity index (χ1n) is 14.0. The minimum atomic E-state index is -1.45. The predicted octanol–water partition coefficient (Wildman–Crippen LogP) is 0.484. The summed E-state index contributed by atoms with van der Waals surface area (Å²) in [6, 6.07) is 12.5. The Balaban J connectivity index is 1.15. The molecule has 1 saturated carbocycles. The molecule has 3 fully saturated rings. The number of hydrogen-bond donors (Lipinski definition) is 6. The van der Waals surface area contributed by atoms with Gasteiger partial charge in [0.05, 0.1) is 11.8 Å². The van der Waals surface area contributed by atoms with Gasteiger partial charge in [0.15, 0.2) is 0 Å². The van der Waals surface area contributed by atoms with Gasteiger partial charge in [0.25, 0.3) is 0 Å². The molecule has 238 valence electrons. The van der Waals surface area contributed by atoms with E-state index in [1.165, 1.54) is 0 Å². The van der Waals surface area contributed by atoms with E-state index >= 15 is 0 Å². The van der Waals surface area contributed by atoms with Gasteiger partial charge in [-0.25, -0.2) is 0 Å². The van der Waals surface area contributed by atoms with Crippen molar-refractivity contribution < 1.29 is 54.1 Å². The summed E-state index contributed by atoms with van der Waals surface area (Å²) in [5, 5.41) is 59.5. The molecule has 0 radical (unpaired) electrons. The molecule has 0 aromatic heterocycles. The van der Waals surface area contributed by atoms with Crippen molar-refractivity contribution in [2.75, 3.05) is 6.79 Å². The molecule has 2 aromatic rings. The predicted molar refractivity (Wildman–Crippen MR) is 155 cm³/mol. The fourth-order valence-corrected chi connectivity index (χ4v) is 5.50. The molecular weight excluding hydrogens is 600 g/mol. The number of halogens is 1. The Labute approximate surface area is 258 Å². The average Bonchev–Trinajstić information content (AvgIpc) is 3.60. The summed E-state index contributed by atoms with van der Waals surface area (Å²) in [7, 11) is 0. The zero-order valence-corrected chi connectivity index (χ0v) is 24.7. The lowest BCUT2D eigenvalue weighted by Crippen LogP contribution is -2.67. The number of aliphatic hydroxyl groups is 5. The van der Waals surface area contributed by atoms with E-state index in [4.69, 9.17) is 35.4 Å². The molecule has 10 atom stereocenters. The molecular formula is C30H35ClN2O11. The summed E-state index contributed by atoms with van der Waals surface area (Å²) in [5.41, 5.74) is 2.02. The summed E-state index contributed by atoms with van der Waals surface area (Å²) in [5.74, 6) is -0.224. The van der Waals surface area contributed by atoms with Crippen molar-refractivity contribution in [2.24, 2.45) is 5.16 Å². The van der Waals surface area contributed by atoms with E-state index in [0.717, 1.165) is 5.56 Å². The summed E-state index contributed by atoms with van der Waals surface area (Å²) in [6.07, 6.45) is -9.05. The number of nitrogens with one attached hydrogen (secondary N) is 1. The van der Waals surface area contributed by atoms with E-state index in [-0.39, 0.29) is 19.0 Å². The Hall–Kier alpha value is -3.11. The van der Waals surface area contributed by atoms with Crippen LogP contribution in [-0.4, -0.2) is 105 Å². The van der Waals surface area contributed by atoms with E-state index in [2.05, 4.69) is 10.5 Å². The Bertz CT molecular complexity index is 1370. The Morgan fingerprint density at radius 3 is 2.39 bits per heavy atom. The highest BCUT2D eigenvalue weighted by molar-refractivity contribution is 6.30. The van der Waals surface area contributed by atoms with Gasteiger partial charge in [-0.15, -0.1) is 0 Å². The molecule has 2 heterocycles. The second-order valence-electron chi connectivity index (χ2n) is 10.9. The van der Waals surface area contributed by atoms with Crippen molar-refractivity contribution >= 4 is 29.3 Å². The third-order valence-electron chi connectivity index (χ3n) is 7.74. The number of carbonyl (C=O) groups excluding carboxylic acids is 1. The quantitative estimate of drug-likeness (QED) is 0.128. The van der Waals surface area contributed by atoms with Crippen LogP contribution < -0.4 is 10.1 Å². The number of oxime groups is 1. The highest BCUT2D eigenvalue weighted by atomic mass is 35.5. The van der Waals surface area contributed by atoms with Gasteiger partial charge in [-0.3, -0.25) is 4.79 Å². The van der Waals surface area contributed by atoms with Gasteiger partial charge in [0.1, 0.15) is 68.0 Å². The van der Waals surface area contributed by atoms with Crippen molar-refractivity contribution in [3.05, 3.63) is 70.3 Å². The Morgan fingerprint density at radius 2 is 1.68 bits per heavy atom. The van der Waals surface area contributed by atoms with E-state index in [0.29, 0.717) is 22.0 Å². The molecule has 1 aliphatic carbocycles. The second-order valence-corrected chi connectivity index (χ2v) is 11.3. The van der Waals surface area contributed by atoms with Gasteiger partial charge in [0, 0.05) is 10.6 Å². The van der Waals surface area contributed by atoms with Gasteiger partial charge < -0.3 is 54.6 Å². The molecule has 14 heteroatoms. The topological polar surface area (TPSA) is 189 Å². The number of rotatable bonds is 9. The average molecular weight is 635 g/mol. The van der Waals surface area contributed by atoms with Crippen LogP contribution in [0.4, 0.5) is 0 Å². The molecule has 44 heavy (non-hydrogen) atoms. The molecule has 2 saturated heterocycles. The molecule has 3 aliphatic rings. The maximum Gasteiger partial charge on any atom is 0.247 e. The molecule has 0 bridgehead atoms. The standard InChI is InChI=1S/C30H35ClN2O11/c1-14(29(39)32-20-21(34)23(36)28-27(22(20)35)40-13-41-28)10-16-6-8-19(9-7-16)43-30-25(38)24(37)26(44-30)15(2)33-42-12-17-4-3-5-18(31)11-17/h3-11,20-28,30,34-38H,12-13H2,1-2H3,(H,32,39)/b14-10+,33-15+/t20?,21?,22?,23?,24-,25+,26-,27?,28?,30-/m1/s1. The lowest BCUT2D eigenvalue weighted by atomic mass is 9.83. The molecule has 5 rings (SSSR count). The fraction of sp³-hybridized carbons (Fsp3) is 0.467. The van der Waals surface area contributed by atoms with Gasteiger partial charge in [-0.05, 0) is 55.3 Å². The van der Waals surface area contributed by atoms with Crippen molar-refractivity contribution in [1.82, 2.24) is 5.32 Å². The SMILES string of the molecule is C/C(=C\c1ccc(O[C@@H]2O[C@H](/C(C)=N/OCc3cccc(Cl)c3)[C@H](O)[C@@H]2O)cc1)C(=O)NC1C(O)C(O)C2OCOC2C1O. The fourth-order valence-electron chi connectivity index (χ4n) is 5.29. The van der Waals surface area contributed by atoms with Gasteiger partial charge in [-0.2, -0.15) is 0 Å². The number of aliphatic hydroxyl groups excluding tert-OH is 5. The van der Waals surface area contributed by atoms with Crippen LogP contribution in [0.25, 0.3) is 6.08 Å². The number of nitrogens with zero attached hydrogens (tertiary/aromatic N) is 1. The van der Waals surface area contributed by atoms with E-state index in [1.54, 1.807) is 62.4 Å². The number of benzene rings is 2. The zero-order valence-electron chi connectivity index (χ0n) is 23.9. The maximum absolute atomic E-state index is 12.8. The lowest BCUT2D eigenvalue weighted by Gasteiger charge is -2.41. The van der Waals surface area contributed by atoms with Crippen LogP contribution in [0.15, 0.2) is 59.3 Å². The summed E-state index contributed by atoms with van der Waals surface area (Å²) in [4.78, 5) is 18.2. The van der Waals surface area contributed by atoms with Crippen molar-refractivity contribution in [2.45, 2.75) is 81.6 Å². The summed E-state index contributed by atoms with van der Waals surface area (Å²) >= 11 is 5.98. The van der Waals surface area contributed by atoms with Gasteiger partial charge >= 0.3 is 0 Å².